The largest absolute Gasteiger partial charge is 0.463 e. The summed E-state index contributed by atoms with van der Waals surface area (Å²) in [5.41, 5.74) is -1.36. The first-order chi connectivity index (χ1) is 16.3. The maximum Gasteiger partial charge on any atom is 0.432 e. The molecule has 180 valence electrons. The predicted molar refractivity (Wildman–Crippen MR) is 125 cm³/mol. The third kappa shape index (κ3) is 5.86. The fourth-order valence-electron chi connectivity index (χ4n) is 4.17. The summed E-state index contributed by atoms with van der Waals surface area (Å²) in [5, 5.41) is 0. The van der Waals surface area contributed by atoms with E-state index in [0.717, 1.165) is 18.2 Å². The Labute approximate surface area is 198 Å². The van der Waals surface area contributed by atoms with E-state index >= 15 is 0 Å². The molecule has 0 heterocycles. The Morgan fingerprint density at radius 3 is 1.74 bits per heavy atom. The average molecular weight is 471 g/mol. The van der Waals surface area contributed by atoms with Gasteiger partial charge in [0, 0.05) is 18.6 Å². The molecule has 0 radical (unpaired) electrons. The summed E-state index contributed by atoms with van der Waals surface area (Å²) < 4.78 is 52.9. The highest BCUT2D eigenvalue weighted by Gasteiger charge is 2.64. The highest BCUT2D eigenvalue weighted by atomic mass is 19.4. The van der Waals surface area contributed by atoms with Crippen molar-refractivity contribution in [2.45, 2.75) is 31.5 Å². The van der Waals surface area contributed by atoms with Crippen molar-refractivity contribution in [3.05, 3.63) is 108 Å². The van der Waals surface area contributed by atoms with Crippen molar-refractivity contribution < 1.29 is 27.4 Å². The highest BCUT2D eigenvalue weighted by Crippen LogP contribution is 2.43. The number of esters is 1. The summed E-state index contributed by atoms with van der Waals surface area (Å²) >= 11 is 0. The number of ether oxygens (including phenoxy) is 2. The number of rotatable bonds is 10. The van der Waals surface area contributed by atoms with E-state index in [1.54, 1.807) is 6.07 Å². The molecule has 3 aromatic carbocycles. The van der Waals surface area contributed by atoms with Crippen LogP contribution in [0.4, 0.5) is 13.2 Å². The van der Waals surface area contributed by atoms with E-state index in [-0.39, 0.29) is 24.0 Å². The van der Waals surface area contributed by atoms with Gasteiger partial charge < -0.3 is 9.47 Å². The van der Waals surface area contributed by atoms with E-state index in [0.29, 0.717) is 12.8 Å². The van der Waals surface area contributed by atoms with Gasteiger partial charge in [-0.15, -0.1) is 0 Å². The lowest BCUT2D eigenvalue weighted by molar-refractivity contribution is -0.276. The summed E-state index contributed by atoms with van der Waals surface area (Å²) in [6.07, 6.45) is -3.71. The van der Waals surface area contributed by atoms with Crippen molar-refractivity contribution in [3.8, 4) is 0 Å². The molecule has 0 aliphatic carbocycles. The smallest absolute Gasteiger partial charge is 0.432 e. The molecule has 0 saturated heterocycles. The molecule has 0 amide bonds. The summed E-state index contributed by atoms with van der Waals surface area (Å²) in [6, 6.07) is 26.4. The summed E-state index contributed by atoms with van der Waals surface area (Å²) in [5.74, 6) is -1.60. The lowest BCUT2D eigenvalue weighted by Gasteiger charge is -2.33. The normalized spacial score (nSPS) is 15.2. The molecule has 0 bridgehead atoms. The Kier molecular flexibility index (Phi) is 8.51. The topological polar surface area (TPSA) is 35.5 Å². The summed E-state index contributed by atoms with van der Waals surface area (Å²) in [4.78, 5) is 13.0. The van der Waals surface area contributed by atoms with Crippen LogP contribution in [-0.4, -0.2) is 25.9 Å². The van der Waals surface area contributed by atoms with Gasteiger partial charge in [0.2, 0.25) is 0 Å². The van der Waals surface area contributed by atoms with Crippen molar-refractivity contribution in [1.29, 1.82) is 0 Å². The Bertz CT molecular complexity index is 1020. The van der Waals surface area contributed by atoms with Crippen LogP contribution < -0.4 is 0 Å². The molecular formula is C28H29F3O3. The predicted octanol–water partition coefficient (Wildman–Crippen LogP) is 6.37. The second-order valence-electron chi connectivity index (χ2n) is 8.46. The van der Waals surface area contributed by atoms with Crippen LogP contribution in [0.2, 0.25) is 0 Å². The minimum Gasteiger partial charge on any atom is -0.463 e. The number of carbonyl (C=O) groups excluding carboxylic acids is 1. The molecule has 3 nitrogen and oxygen atoms in total. The molecule has 3 rings (SSSR count). The monoisotopic (exact) mass is 470 g/mol. The molecule has 0 aromatic heterocycles. The first kappa shape index (κ1) is 25.5. The van der Waals surface area contributed by atoms with Gasteiger partial charge in [-0.1, -0.05) is 97.9 Å². The molecule has 0 spiro atoms. The van der Waals surface area contributed by atoms with E-state index in [1.807, 2.05) is 67.6 Å². The maximum atomic E-state index is 14.2. The first-order valence-electron chi connectivity index (χ1n) is 11.2. The van der Waals surface area contributed by atoms with Crippen molar-refractivity contribution in [2.24, 2.45) is 11.8 Å². The SMILES string of the molecule is CO[C@@](C(=O)OC[C@H](Cc1ccccc1)[C@H](C)Cc1ccccc1)(c1ccccc1)C(F)(F)F. The molecule has 0 aliphatic rings. The zero-order valence-electron chi connectivity index (χ0n) is 19.3. The van der Waals surface area contributed by atoms with Crippen LogP contribution in [0.25, 0.3) is 0 Å². The van der Waals surface area contributed by atoms with Gasteiger partial charge >= 0.3 is 12.1 Å². The number of methoxy groups -OCH3 is 1. The molecular weight excluding hydrogens is 441 g/mol. The van der Waals surface area contributed by atoms with Gasteiger partial charge in [0.05, 0.1) is 6.61 Å². The van der Waals surface area contributed by atoms with Crippen LogP contribution in [0.3, 0.4) is 0 Å². The number of carbonyl (C=O) groups is 1. The molecule has 0 fully saturated rings. The second kappa shape index (κ2) is 11.3. The van der Waals surface area contributed by atoms with Crippen molar-refractivity contribution in [1.82, 2.24) is 0 Å². The van der Waals surface area contributed by atoms with Crippen LogP contribution in [0.15, 0.2) is 91.0 Å². The minimum absolute atomic E-state index is 0.0509. The van der Waals surface area contributed by atoms with Crippen LogP contribution in [-0.2, 0) is 32.7 Å². The first-order valence-corrected chi connectivity index (χ1v) is 11.2. The fourth-order valence-corrected chi connectivity index (χ4v) is 4.17. The molecule has 0 saturated carbocycles. The van der Waals surface area contributed by atoms with E-state index in [1.165, 1.54) is 24.3 Å². The molecule has 0 unspecified atom stereocenters. The number of halogens is 3. The number of hydrogen-bond acceptors (Lipinski definition) is 3. The van der Waals surface area contributed by atoms with E-state index in [2.05, 4.69) is 0 Å². The zero-order chi connectivity index (χ0) is 24.6. The number of benzene rings is 3. The summed E-state index contributed by atoms with van der Waals surface area (Å²) in [7, 11) is 0.876. The van der Waals surface area contributed by atoms with E-state index in [4.69, 9.17) is 9.47 Å². The van der Waals surface area contributed by atoms with Gasteiger partial charge in [-0.25, -0.2) is 4.79 Å². The molecule has 34 heavy (non-hydrogen) atoms. The van der Waals surface area contributed by atoms with Gasteiger partial charge in [0.15, 0.2) is 0 Å². The molecule has 6 heteroatoms. The Hall–Kier alpha value is -3.12. The summed E-state index contributed by atoms with van der Waals surface area (Å²) in [6.45, 7) is 1.87. The van der Waals surface area contributed by atoms with Crippen LogP contribution in [0.1, 0.15) is 23.6 Å². The fraction of sp³-hybridized carbons (Fsp3) is 0.321. The molecule has 0 N–H and O–H groups in total. The third-order valence-electron chi connectivity index (χ3n) is 6.15. The van der Waals surface area contributed by atoms with Crippen LogP contribution in [0.5, 0.6) is 0 Å². The van der Waals surface area contributed by atoms with Gasteiger partial charge in [-0.2, -0.15) is 13.2 Å². The van der Waals surface area contributed by atoms with Crippen molar-refractivity contribution in [2.75, 3.05) is 13.7 Å². The Morgan fingerprint density at radius 2 is 1.26 bits per heavy atom. The van der Waals surface area contributed by atoms with Crippen molar-refractivity contribution in [3.63, 3.8) is 0 Å². The van der Waals surface area contributed by atoms with Gasteiger partial charge in [-0.05, 0) is 29.9 Å². The van der Waals surface area contributed by atoms with Crippen molar-refractivity contribution >= 4 is 5.97 Å². The Balaban J connectivity index is 1.84. The quantitative estimate of drug-likeness (QED) is 0.323. The zero-order valence-corrected chi connectivity index (χ0v) is 19.3. The van der Waals surface area contributed by atoms with Gasteiger partial charge in [-0.3, -0.25) is 0 Å². The lowest BCUT2D eigenvalue weighted by atomic mass is 9.84. The molecule has 3 atom stereocenters. The second-order valence-corrected chi connectivity index (χ2v) is 8.46. The Morgan fingerprint density at radius 1 is 0.794 bits per heavy atom. The number of hydrogen-bond donors (Lipinski definition) is 0. The highest BCUT2D eigenvalue weighted by molar-refractivity contribution is 5.82. The van der Waals surface area contributed by atoms with E-state index < -0.39 is 17.7 Å². The minimum atomic E-state index is -5.00. The molecule has 0 aliphatic heterocycles. The third-order valence-corrected chi connectivity index (χ3v) is 6.15. The lowest BCUT2D eigenvalue weighted by Crippen LogP contribution is -2.52. The van der Waals surface area contributed by atoms with Crippen LogP contribution >= 0.6 is 0 Å². The van der Waals surface area contributed by atoms with Crippen LogP contribution in [0, 0.1) is 11.8 Å². The number of alkyl halides is 3. The van der Waals surface area contributed by atoms with Gasteiger partial charge in [0.1, 0.15) is 0 Å². The maximum absolute atomic E-state index is 14.2. The molecule has 3 aromatic rings. The van der Waals surface area contributed by atoms with Gasteiger partial charge in [0.25, 0.3) is 5.60 Å². The standard InChI is InChI=1S/C28H29F3O3/c1-21(18-22-12-6-3-7-13-22)24(19-23-14-8-4-9-15-23)20-34-26(32)27(33-2,28(29,30)31)25-16-10-5-11-17-25/h3-17,21,24H,18-20H2,1-2H3/t21-,24+,27-/m1/s1. The van der Waals surface area contributed by atoms with E-state index in [9.17, 15) is 18.0 Å². The average Bonchev–Trinajstić information content (AvgIpc) is 2.83.